The van der Waals surface area contributed by atoms with Gasteiger partial charge in [0.15, 0.2) is 5.82 Å². The number of halogens is 2. The largest absolute Gasteiger partial charge is 0.506 e. The summed E-state index contributed by atoms with van der Waals surface area (Å²) in [5, 5.41) is 14.4. The van der Waals surface area contributed by atoms with Crippen LogP contribution in [0, 0.1) is 25.5 Å². The lowest BCUT2D eigenvalue weighted by Gasteiger charge is -2.36. The molecule has 6 nitrogen and oxygen atoms in total. The Morgan fingerprint density at radius 2 is 1.70 bits per heavy atom. The normalized spacial score (nSPS) is 14.3. The topological polar surface area (TPSA) is 61.6 Å². The van der Waals surface area contributed by atoms with Crippen molar-refractivity contribution in [3.63, 3.8) is 0 Å². The van der Waals surface area contributed by atoms with Crippen molar-refractivity contribution in [1.82, 2.24) is 14.7 Å². The molecule has 1 fully saturated rings. The minimum Gasteiger partial charge on any atom is -0.506 e. The fourth-order valence-corrected chi connectivity index (χ4v) is 3.88. The molecule has 3 aromatic rings. The number of rotatable bonds is 3. The highest BCUT2D eigenvalue weighted by Gasteiger charge is 2.28. The lowest BCUT2D eigenvalue weighted by Crippen LogP contribution is -2.49. The van der Waals surface area contributed by atoms with Crippen molar-refractivity contribution in [2.75, 3.05) is 31.1 Å². The molecule has 1 saturated heterocycles. The molecule has 0 unspecified atom stereocenters. The van der Waals surface area contributed by atoms with E-state index in [0.29, 0.717) is 43.1 Å². The second kappa shape index (κ2) is 7.78. The summed E-state index contributed by atoms with van der Waals surface area (Å²) < 4.78 is 28.8. The standard InChI is InChI=1S/C22H22F2N4O2/c1-14-21(15(2)28(25-14)18-8-7-16(23)13-17(18)24)22(30)27-11-9-26(10-12-27)19-5-3-4-6-20(19)29/h3-8,13,29H,9-12H2,1-2H3. The number of para-hydroxylation sites is 2. The highest BCUT2D eigenvalue weighted by Crippen LogP contribution is 2.28. The van der Waals surface area contributed by atoms with Crippen LogP contribution in [-0.2, 0) is 0 Å². The molecule has 2 heterocycles. The van der Waals surface area contributed by atoms with Crippen LogP contribution in [0.15, 0.2) is 42.5 Å². The third-order valence-electron chi connectivity index (χ3n) is 5.43. The summed E-state index contributed by atoms with van der Waals surface area (Å²) in [6.45, 7) is 5.55. The van der Waals surface area contributed by atoms with Crippen molar-refractivity contribution >= 4 is 11.6 Å². The summed E-state index contributed by atoms with van der Waals surface area (Å²) in [6, 6.07) is 10.4. The molecule has 156 valence electrons. The van der Waals surface area contributed by atoms with Crippen LogP contribution < -0.4 is 4.90 Å². The second-order valence-corrected chi connectivity index (χ2v) is 7.32. The van der Waals surface area contributed by atoms with Crippen LogP contribution in [0.4, 0.5) is 14.5 Å². The molecule has 0 aliphatic carbocycles. The van der Waals surface area contributed by atoms with E-state index in [0.717, 1.165) is 17.8 Å². The average Bonchev–Trinajstić information content (AvgIpc) is 3.02. The van der Waals surface area contributed by atoms with Crippen molar-refractivity contribution in [3.05, 3.63) is 71.1 Å². The average molecular weight is 412 g/mol. The molecule has 0 radical (unpaired) electrons. The third kappa shape index (κ3) is 3.49. The maximum Gasteiger partial charge on any atom is 0.257 e. The lowest BCUT2D eigenvalue weighted by atomic mass is 10.1. The fraction of sp³-hybridized carbons (Fsp3) is 0.273. The summed E-state index contributed by atoms with van der Waals surface area (Å²) in [5.74, 6) is -1.37. The first kappa shape index (κ1) is 19.9. The Morgan fingerprint density at radius 3 is 2.37 bits per heavy atom. The van der Waals surface area contributed by atoms with Crippen LogP contribution in [0.3, 0.4) is 0 Å². The number of hydrogen-bond donors (Lipinski definition) is 1. The molecule has 1 aliphatic heterocycles. The Balaban J connectivity index is 1.55. The zero-order valence-corrected chi connectivity index (χ0v) is 16.8. The summed E-state index contributed by atoms with van der Waals surface area (Å²) in [5.41, 5.74) is 2.27. The smallest absolute Gasteiger partial charge is 0.257 e. The number of benzene rings is 2. The maximum atomic E-state index is 14.2. The van der Waals surface area contributed by atoms with Gasteiger partial charge in [-0.1, -0.05) is 12.1 Å². The first-order chi connectivity index (χ1) is 14.4. The van der Waals surface area contributed by atoms with Crippen molar-refractivity contribution < 1.29 is 18.7 Å². The maximum absolute atomic E-state index is 14.2. The molecular formula is C22H22F2N4O2. The molecule has 0 bridgehead atoms. The van der Waals surface area contributed by atoms with Gasteiger partial charge in [-0.15, -0.1) is 0 Å². The van der Waals surface area contributed by atoms with Crippen molar-refractivity contribution in [3.8, 4) is 11.4 Å². The minimum atomic E-state index is -0.740. The van der Waals surface area contributed by atoms with Gasteiger partial charge in [0.25, 0.3) is 5.91 Å². The molecule has 1 amide bonds. The van der Waals surface area contributed by atoms with Crippen molar-refractivity contribution in [2.45, 2.75) is 13.8 Å². The van der Waals surface area contributed by atoms with E-state index in [1.807, 2.05) is 17.0 Å². The molecule has 1 aromatic heterocycles. The summed E-state index contributed by atoms with van der Waals surface area (Å²) in [4.78, 5) is 17.0. The van der Waals surface area contributed by atoms with Gasteiger partial charge in [-0.25, -0.2) is 13.5 Å². The third-order valence-corrected chi connectivity index (χ3v) is 5.43. The van der Waals surface area contributed by atoms with Gasteiger partial charge in [-0.2, -0.15) is 5.10 Å². The first-order valence-electron chi connectivity index (χ1n) is 9.70. The molecule has 2 aromatic carbocycles. The molecule has 8 heteroatoms. The number of anilines is 1. The lowest BCUT2D eigenvalue weighted by molar-refractivity contribution is 0.0745. The second-order valence-electron chi connectivity index (χ2n) is 7.32. The Labute approximate surface area is 173 Å². The van der Waals surface area contributed by atoms with Crippen LogP contribution in [0.2, 0.25) is 0 Å². The zero-order chi connectivity index (χ0) is 21.4. The Kier molecular flexibility index (Phi) is 5.15. The molecule has 4 rings (SSSR count). The Bertz CT molecular complexity index is 1100. The monoisotopic (exact) mass is 412 g/mol. The molecule has 1 aliphatic rings. The number of carbonyl (C=O) groups excluding carboxylic acids is 1. The quantitative estimate of drug-likeness (QED) is 0.716. The molecule has 0 saturated carbocycles. The van der Waals surface area contributed by atoms with Crippen LogP contribution in [-0.4, -0.2) is 51.9 Å². The number of aromatic nitrogens is 2. The van der Waals surface area contributed by atoms with E-state index < -0.39 is 11.6 Å². The van der Waals surface area contributed by atoms with Gasteiger partial charge >= 0.3 is 0 Å². The number of carbonyl (C=O) groups is 1. The number of nitrogens with zero attached hydrogens (tertiary/aromatic N) is 4. The van der Waals surface area contributed by atoms with E-state index in [9.17, 15) is 18.7 Å². The van der Waals surface area contributed by atoms with E-state index in [1.54, 1.807) is 30.9 Å². The summed E-state index contributed by atoms with van der Waals surface area (Å²) >= 11 is 0. The van der Waals surface area contributed by atoms with E-state index in [-0.39, 0.29) is 17.3 Å². The Morgan fingerprint density at radius 1 is 1.00 bits per heavy atom. The number of phenols is 1. The minimum absolute atomic E-state index is 0.0976. The molecule has 1 N–H and O–H groups in total. The number of hydrogen-bond acceptors (Lipinski definition) is 4. The molecule has 0 atom stereocenters. The van der Waals surface area contributed by atoms with Crippen molar-refractivity contribution in [2.24, 2.45) is 0 Å². The zero-order valence-electron chi connectivity index (χ0n) is 16.8. The van der Waals surface area contributed by atoms with Crippen LogP contribution in [0.25, 0.3) is 5.69 Å². The number of amides is 1. The van der Waals surface area contributed by atoms with E-state index in [2.05, 4.69) is 5.10 Å². The highest BCUT2D eigenvalue weighted by molar-refractivity contribution is 5.96. The predicted molar refractivity (Wildman–Crippen MR) is 109 cm³/mol. The first-order valence-corrected chi connectivity index (χ1v) is 9.70. The number of piperazine rings is 1. The van der Waals surface area contributed by atoms with Gasteiger partial charge in [-0.3, -0.25) is 4.79 Å². The van der Waals surface area contributed by atoms with Gasteiger partial charge in [0.05, 0.1) is 22.6 Å². The highest BCUT2D eigenvalue weighted by atomic mass is 19.1. The van der Waals surface area contributed by atoms with E-state index in [1.165, 1.54) is 10.7 Å². The van der Waals surface area contributed by atoms with Crippen LogP contribution in [0.5, 0.6) is 5.75 Å². The van der Waals surface area contributed by atoms with Crippen molar-refractivity contribution in [1.29, 1.82) is 0 Å². The SMILES string of the molecule is Cc1nn(-c2ccc(F)cc2F)c(C)c1C(=O)N1CCN(c2ccccc2O)CC1. The van der Waals surface area contributed by atoms with Gasteiger partial charge in [0.1, 0.15) is 17.3 Å². The summed E-state index contributed by atoms with van der Waals surface area (Å²) in [7, 11) is 0. The van der Waals surface area contributed by atoms with Gasteiger partial charge in [-0.05, 0) is 38.1 Å². The molecule has 30 heavy (non-hydrogen) atoms. The van der Waals surface area contributed by atoms with Crippen LogP contribution >= 0.6 is 0 Å². The fourth-order valence-electron chi connectivity index (χ4n) is 3.88. The number of phenolic OH excluding ortho intramolecular Hbond substituents is 1. The number of aromatic hydroxyl groups is 1. The van der Waals surface area contributed by atoms with E-state index in [4.69, 9.17) is 0 Å². The summed E-state index contributed by atoms with van der Waals surface area (Å²) in [6.07, 6.45) is 0. The predicted octanol–water partition coefficient (Wildman–Crippen LogP) is 3.44. The number of aryl methyl sites for hydroxylation is 1. The Hall–Kier alpha value is -3.42. The van der Waals surface area contributed by atoms with Gasteiger partial charge in [0.2, 0.25) is 0 Å². The van der Waals surface area contributed by atoms with Gasteiger partial charge < -0.3 is 14.9 Å². The van der Waals surface area contributed by atoms with Gasteiger partial charge in [0, 0.05) is 32.2 Å². The van der Waals surface area contributed by atoms with E-state index >= 15 is 0 Å². The van der Waals surface area contributed by atoms with Crippen LogP contribution in [0.1, 0.15) is 21.7 Å². The molecule has 0 spiro atoms. The molecular weight excluding hydrogens is 390 g/mol.